The lowest BCUT2D eigenvalue weighted by Gasteiger charge is -2.07. The highest BCUT2D eigenvalue weighted by molar-refractivity contribution is 6.39. The summed E-state index contributed by atoms with van der Waals surface area (Å²) in [6.07, 6.45) is 2.20. The van der Waals surface area contributed by atoms with Crippen LogP contribution < -0.4 is 0 Å². The minimum absolute atomic E-state index is 0.111. The van der Waals surface area contributed by atoms with Gasteiger partial charge in [0.2, 0.25) is 0 Å². The first-order chi connectivity index (χ1) is 10.6. The van der Waals surface area contributed by atoms with Crippen LogP contribution in [0, 0.1) is 0 Å². The molecule has 2 aromatic rings. The van der Waals surface area contributed by atoms with Gasteiger partial charge in [0, 0.05) is 17.0 Å². The molecule has 4 nitrogen and oxygen atoms in total. The lowest BCUT2D eigenvalue weighted by atomic mass is 10.0. The number of nitrogens with zero attached hydrogens (tertiary/aromatic N) is 1. The molecule has 0 amide bonds. The maximum atomic E-state index is 11.9. The van der Waals surface area contributed by atoms with Crippen LogP contribution in [0.5, 0.6) is 0 Å². The van der Waals surface area contributed by atoms with E-state index in [0.29, 0.717) is 33.8 Å². The lowest BCUT2D eigenvalue weighted by molar-refractivity contribution is -0.142. The van der Waals surface area contributed by atoms with E-state index in [1.807, 2.05) is 0 Å². The van der Waals surface area contributed by atoms with Gasteiger partial charge in [-0.2, -0.15) is 0 Å². The van der Waals surface area contributed by atoms with E-state index in [9.17, 15) is 4.79 Å². The monoisotopic (exact) mass is 339 g/mol. The Balaban J connectivity index is 2.06. The van der Waals surface area contributed by atoms with Crippen LogP contribution in [0.2, 0.25) is 10.0 Å². The summed E-state index contributed by atoms with van der Waals surface area (Å²) in [5.74, 6) is 0.767. The molecule has 1 aromatic heterocycles. The van der Waals surface area contributed by atoms with Crippen LogP contribution in [0.15, 0.2) is 22.7 Å². The summed E-state index contributed by atoms with van der Waals surface area (Å²) < 4.78 is 10.5. The van der Waals surface area contributed by atoms with Gasteiger partial charge in [-0.3, -0.25) is 4.79 Å². The smallest absolute Gasteiger partial charge is 0.310 e. The topological polar surface area (TPSA) is 52.3 Å². The summed E-state index contributed by atoms with van der Waals surface area (Å²) in [7, 11) is 0. The molecule has 1 aromatic carbocycles. The third kappa shape index (κ3) is 2.99. The fraction of sp³-hybridized carbons (Fsp3) is 0.375. The van der Waals surface area contributed by atoms with E-state index in [2.05, 4.69) is 5.16 Å². The molecule has 1 aliphatic carbocycles. The van der Waals surface area contributed by atoms with Crippen LogP contribution >= 0.6 is 23.2 Å². The van der Waals surface area contributed by atoms with Gasteiger partial charge in [0.05, 0.1) is 23.1 Å². The van der Waals surface area contributed by atoms with Crippen LogP contribution in [-0.4, -0.2) is 17.7 Å². The van der Waals surface area contributed by atoms with Gasteiger partial charge in [-0.25, -0.2) is 0 Å². The Morgan fingerprint density at radius 3 is 2.64 bits per heavy atom. The summed E-state index contributed by atoms with van der Waals surface area (Å²) in [4.78, 5) is 11.9. The molecule has 0 bridgehead atoms. The van der Waals surface area contributed by atoms with E-state index >= 15 is 0 Å². The Morgan fingerprint density at radius 1 is 1.36 bits per heavy atom. The number of carbonyl (C=O) groups is 1. The van der Waals surface area contributed by atoms with Gasteiger partial charge in [-0.1, -0.05) is 34.4 Å². The first-order valence-electron chi connectivity index (χ1n) is 7.20. The van der Waals surface area contributed by atoms with Gasteiger partial charge in [0.15, 0.2) is 0 Å². The number of hydrogen-bond acceptors (Lipinski definition) is 4. The zero-order valence-corrected chi connectivity index (χ0v) is 13.6. The summed E-state index contributed by atoms with van der Waals surface area (Å²) in [6.45, 7) is 2.12. The number of hydrogen-bond donors (Lipinski definition) is 0. The van der Waals surface area contributed by atoms with Crippen molar-refractivity contribution < 1.29 is 14.1 Å². The van der Waals surface area contributed by atoms with Crippen LogP contribution in [0.3, 0.4) is 0 Å². The maximum absolute atomic E-state index is 11.9. The average Bonchev–Trinajstić information content (AvgIpc) is 3.23. The van der Waals surface area contributed by atoms with Crippen molar-refractivity contribution in [2.75, 3.05) is 6.61 Å². The Labute approximate surface area is 138 Å². The molecule has 1 saturated carbocycles. The molecule has 3 rings (SSSR count). The molecule has 1 heterocycles. The molecule has 0 aliphatic heterocycles. The van der Waals surface area contributed by atoms with Gasteiger partial charge in [-0.05, 0) is 31.9 Å². The predicted octanol–water partition coefficient (Wildman–Crippen LogP) is 4.63. The molecule has 0 N–H and O–H groups in total. The van der Waals surface area contributed by atoms with Gasteiger partial charge in [-0.15, -0.1) is 0 Å². The molecule has 0 spiro atoms. The van der Waals surface area contributed by atoms with Crippen LogP contribution in [-0.2, 0) is 16.0 Å². The summed E-state index contributed by atoms with van der Waals surface area (Å²) in [5, 5.41) is 5.09. The molecule has 0 unspecified atom stereocenters. The highest BCUT2D eigenvalue weighted by Gasteiger charge is 2.34. The first-order valence-corrected chi connectivity index (χ1v) is 7.95. The zero-order chi connectivity index (χ0) is 15.7. The summed E-state index contributed by atoms with van der Waals surface area (Å²) in [6, 6.07) is 5.24. The van der Waals surface area contributed by atoms with Gasteiger partial charge < -0.3 is 9.26 Å². The Morgan fingerprint density at radius 2 is 2.05 bits per heavy atom. The van der Waals surface area contributed by atoms with E-state index in [-0.39, 0.29) is 12.4 Å². The number of benzene rings is 1. The highest BCUT2D eigenvalue weighted by Crippen LogP contribution is 2.46. The normalized spacial score (nSPS) is 14.1. The number of aromatic nitrogens is 1. The quantitative estimate of drug-likeness (QED) is 0.745. The number of ether oxygens (including phenoxy) is 1. The van der Waals surface area contributed by atoms with E-state index in [4.69, 9.17) is 32.5 Å². The highest BCUT2D eigenvalue weighted by atomic mass is 35.5. The third-order valence-corrected chi connectivity index (χ3v) is 4.22. The Hall–Kier alpha value is -1.52. The molecule has 0 saturated heterocycles. The number of halogens is 2. The van der Waals surface area contributed by atoms with Crippen molar-refractivity contribution in [1.82, 2.24) is 5.16 Å². The van der Waals surface area contributed by atoms with Crippen molar-refractivity contribution in [2.24, 2.45) is 0 Å². The molecule has 1 aliphatic rings. The van der Waals surface area contributed by atoms with E-state index in [1.54, 1.807) is 25.1 Å². The number of rotatable bonds is 5. The Kier molecular flexibility index (Phi) is 4.41. The molecule has 22 heavy (non-hydrogen) atoms. The molecule has 6 heteroatoms. The van der Waals surface area contributed by atoms with Gasteiger partial charge in [0.25, 0.3) is 0 Å². The lowest BCUT2D eigenvalue weighted by Crippen LogP contribution is -2.09. The van der Waals surface area contributed by atoms with Gasteiger partial charge in [0.1, 0.15) is 11.5 Å². The fourth-order valence-corrected chi connectivity index (χ4v) is 3.01. The van der Waals surface area contributed by atoms with E-state index in [1.165, 1.54) is 0 Å². The molecule has 0 radical (unpaired) electrons. The SMILES string of the molecule is CCOC(=O)Cc1c(-c2c(Cl)cccc2Cl)noc1C1CC1. The third-order valence-electron chi connectivity index (χ3n) is 3.59. The van der Waals surface area contributed by atoms with Crippen molar-refractivity contribution in [1.29, 1.82) is 0 Å². The largest absolute Gasteiger partial charge is 0.466 e. The maximum Gasteiger partial charge on any atom is 0.310 e. The van der Waals surface area contributed by atoms with E-state index < -0.39 is 0 Å². The second-order valence-electron chi connectivity index (χ2n) is 5.23. The molecular formula is C16H15Cl2NO3. The zero-order valence-electron chi connectivity index (χ0n) is 12.1. The van der Waals surface area contributed by atoms with Crippen molar-refractivity contribution in [2.45, 2.75) is 32.1 Å². The average molecular weight is 340 g/mol. The predicted molar refractivity (Wildman–Crippen MR) is 84.3 cm³/mol. The number of carbonyl (C=O) groups excluding carboxylic acids is 1. The van der Waals surface area contributed by atoms with Gasteiger partial charge >= 0.3 is 5.97 Å². The molecule has 0 atom stereocenters. The van der Waals surface area contributed by atoms with Crippen LogP contribution in [0.1, 0.15) is 37.0 Å². The van der Waals surface area contributed by atoms with E-state index in [0.717, 1.165) is 24.2 Å². The van der Waals surface area contributed by atoms with Crippen molar-refractivity contribution >= 4 is 29.2 Å². The van der Waals surface area contributed by atoms with Crippen molar-refractivity contribution in [3.05, 3.63) is 39.6 Å². The van der Waals surface area contributed by atoms with Crippen LogP contribution in [0.4, 0.5) is 0 Å². The minimum atomic E-state index is -0.308. The molecular weight excluding hydrogens is 325 g/mol. The van der Waals surface area contributed by atoms with Crippen molar-refractivity contribution in [3.63, 3.8) is 0 Å². The first kappa shape index (κ1) is 15.4. The Bertz CT molecular complexity index is 687. The fourth-order valence-electron chi connectivity index (χ4n) is 2.44. The second kappa shape index (κ2) is 6.31. The standard InChI is InChI=1S/C16H15Cl2NO3/c1-2-21-13(20)8-10-15(19-22-16(10)9-6-7-9)14-11(17)4-3-5-12(14)18/h3-5,9H,2,6-8H2,1H3. The van der Waals surface area contributed by atoms with Crippen LogP contribution in [0.25, 0.3) is 11.3 Å². The summed E-state index contributed by atoms with van der Waals surface area (Å²) >= 11 is 12.5. The molecule has 116 valence electrons. The second-order valence-corrected chi connectivity index (χ2v) is 6.04. The summed E-state index contributed by atoms with van der Waals surface area (Å²) in [5.41, 5.74) is 1.86. The molecule has 1 fully saturated rings. The van der Waals surface area contributed by atoms with Crippen molar-refractivity contribution in [3.8, 4) is 11.3 Å². The number of esters is 1. The minimum Gasteiger partial charge on any atom is -0.466 e.